The first-order valence-corrected chi connectivity index (χ1v) is 1.37. The topological polar surface area (TPSA) is 37.3 Å². The Kier molecular flexibility index (Phi) is 9.20. The number of aliphatic hydroxyl groups is 1. The van der Waals surface area contributed by atoms with Gasteiger partial charge in [-0.25, -0.2) is 0 Å². The molecule has 0 atom stereocenters. The summed E-state index contributed by atoms with van der Waals surface area (Å²) in [7, 11) is 0. The zero-order valence-electron chi connectivity index (χ0n) is 5.06. The van der Waals surface area contributed by atoms with E-state index in [1.165, 1.54) is 6.92 Å². The Morgan fingerprint density at radius 3 is 2.17 bits per heavy atom. The minimum atomic E-state index is -0.333. The molecule has 0 radical (unpaired) electrons. The summed E-state index contributed by atoms with van der Waals surface area (Å²) in [5.74, 6) is -0.190. The van der Waals surface area contributed by atoms with E-state index in [9.17, 15) is 4.79 Å². The predicted molar refractivity (Wildman–Crippen MR) is 18.9 cm³/mol. The van der Waals surface area contributed by atoms with Gasteiger partial charge in [-0.15, -0.1) is 0 Å². The van der Waals surface area contributed by atoms with E-state index in [1.807, 2.05) is 0 Å². The number of ketones is 1. The van der Waals surface area contributed by atoms with Gasteiger partial charge < -0.3 is 6.53 Å². The molecule has 0 aliphatic heterocycles. The number of carbonyl (C=O) groups is 1. The van der Waals surface area contributed by atoms with Gasteiger partial charge in [0.15, 0.2) is 5.78 Å². The fourth-order valence-corrected chi connectivity index (χ4v) is 0. The summed E-state index contributed by atoms with van der Waals surface area (Å²) in [6.45, 7) is 1.000. The molecule has 0 unspecified atom stereocenters. The molecule has 0 amide bonds. The van der Waals surface area contributed by atoms with Gasteiger partial charge in [0.1, 0.15) is 6.61 Å². The Morgan fingerprint density at radius 1 is 2.00 bits per heavy atom. The van der Waals surface area contributed by atoms with E-state index in [0.717, 1.165) is 0 Å². The fourth-order valence-electron chi connectivity index (χ4n) is 0. The molecule has 0 bridgehead atoms. The summed E-state index contributed by atoms with van der Waals surface area (Å²) in [5, 5.41) is 7.79. The molecular formula is C3H7NaO2. The van der Waals surface area contributed by atoms with Crippen LogP contribution in [0.3, 0.4) is 0 Å². The van der Waals surface area contributed by atoms with E-state index in [-0.39, 0.29) is 43.4 Å². The molecule has 0 fully saturated rings. The van der Waals surface area contributed by atoms with Crippen molar-refractivity contribution in [1.29, 1.82) is 0 Å². The molecule has 0 aliphatic rings. The zero-order valence-corrected chi connectivity index (χ0v) is 6.06. The summed E-state index contributed by atoms with van der Waals surface area (Å²) < 4.78 is 0. The van der Waals surface area contributed by atoms with Gasteiger partial charge in [0, 0.05) is 0 Å². The Balaban J connectivity index is -0.0000000800. The van der Waals surface area contributed by atoms with Crippen LogP contribution in [0.1, 0.15) is 8.35 Å². The van der Waals surface area contributed by atoms with E-state index in [2.05, 4.69) is 0 Å². The summed E-state index contributed by atoms with van der Waals surface area (Å²) in [6.07, 6.45) is 0. The maximum atomic E-state index is 9.56. The zero-order chi connectivity index (χ0) is 4.28. The first kappa shape index (κ1) is 9.80. The number of hydrogen-bond acceptors (Lipinski definition) is 2. The third-order valence-corrected chi connectivity index (χ3v) is 0.223. The summed E-state index contributed by atoms with van der Waals surface area (Å²) >= 11 is 0. The average molecular weight is 98.1 g/mol. The molecule has 0 aromatic carbocycles. The van der Waals surface area contributed by atoms with Gasteiger partial charge >= 0.3 is 29.6 Å². The fraction of sp³-hybridized carbons (Fsp3) is 0.667. The van der Waals surface area contributed by atoms with E-state index >= 15 is 0 Å². The van der Waals surface area contributed by atoms with Crippen LogP contribution in [0.4, 0.5) is 0 Å². The van der Waals surface area contributed by atoms with Crippen molar-refractivity contribution in [1.82, 2.24) is 0 Å². The maximum Gasteiger partial charge on any atom is 1.00 e. The first-order valence-electron chi connectivity index (χ1n) is 1.37. The van der Waals surface area contributed by atoms with Crippen molar-refractivity contribution in [2.24, 2.45) is 0 Å². The van der Waals surface area contributed by atoms with Crippen LogP contribution in [-0.2, 0) is 4.79 Å². The predicted octanol–water partition coefficient (Wildman–Crippen LogP) is -3.32. The van der Waals surface area contributed by atoms with Crippen molar-refractivity contribution < 1.29 is 40.9 Å². The number of hydrogen-bond donors (Lipinski definition) is 1. The Morgan fingerprint density at radius 2 is 2.17 bits per heavy atom. The van der Waals surface area contributed by atoms with Gasteiger partial charge in [0.2, 0.25) is 0 Å². The van der Waals surface area contributed by atoms with E-state index in [1.54, 1.807) is 0 Å². The minimum absolute atomic E-state index is 0. The van der Waals surface area contributed by atoms with Gasteiger partial charge in [0.05, 0.1) is 0 Å². The molecule has 3 heteroatoms. The first-order chi connectivity index (χ1) is 2.27. The molecule has 0 aromatic rings. The molecule has 0 saturated heterocycles. The Hall–Kier alpha value is 0.630. The monoisotopic (exact) mass is 98.0 g/mol. The summed E-state index contributed by atoms with van der Waals surface area (Å²) in [5.41, 5.74) is 0. The molecule has 0 rings (SSSR count). The molecular weight excluding hydrogens is 91.0 g/mol. The normalized spacial score (nSPS) is 6.33. The van der Waals surface area contributed by atoms with Crippen molar-refractivity contribution in [3.8, 4) is 0 Å². The van der Waals surface area contributed by atoms with Gasteiger partial charge in [0.25, 0.3) is 0 Å². The van der Waals surface area contributed by atoms with Crippen molar-refractivity contribution in [2.45, 2.75) is 6.92 Å². The third kappa shape index (κ3) is 8.82. The molecule has 0 spiro atoms. The van der Waals surface area contributed by atoms with E-state index in [0.29, 0.717) is 0 Å². The van der Waals surface area contributed by atoms with Gasteiger partial charge in [-0.05, 0) is 6.92 Å². The van der Waals surface area contributed by atoms with Gasteiger partial charge in [-0.1, -0.05) is 0 Å². The minimum Gasteiger partial charge on any atom is -1.00 e. The van der Waals surface area contributed by atoms with Crippen molar-refractivity contribution in [2.75, 3.05) is 6.61 Å². The van der Waals surface area contributed by atoms with Crippen LogP contribution >= 0.6 is 0 Å². The number of aliphatic hydroxyl groups excluding tert-OH is 1. The summed E-state index contributed by atoms with van der Waals surface area (Å²) in [4.78, 5) is 9.56. The molecule has 6 heavy (non-hydrogen) atoms. The Bertz CT molecular complexity index is 48.2. The van der Waals surface area contributed by atoms with Crippen LogP contribution in [-0.4, -0.2) is 17.5 Å². The number of Topliss-reactive ketones (excluding diaryl/α,β-unsaturated/α-hetero) is 1. The number of carbonyl (C=O) groups excluding carboxylic acids is 1. The van der Waals surface area contributed by atoms with Crippen LogP contribution in [0.25, 0.3) is 0 Å². The average Bonchev–Trinajstić information content (AvgIpc) is 1.38. The molecule has 32 valence electrons. The quantitative estimate of drug-likeness (QED) is 0.348. The van der Waals surface area contributed by atoms with Crippen LogP contribution in [0, 0.1) is 0 Å². The molecule has 0 aliphatic carbocycles. The van der Waals surface area contributed by atoms with E-state index < -0.39 is 0 Å². The standard InChI is InChI=1S/C3H6O2.Na.H/c1-3(5)2-4;;/h4H,2H2,1H3;;/q;+1;-1. The molecule has 0 saturated carbocycles. The molecule has 2 nitrogen and oxygen atoms in total. The summed E-state index contributed by atoms with van der Waals surface area (Å²) in [6, 6.07) is 0. The van der Waals surface area contributed by atoms with Crippen molar-refractivity contribution in [3.05, 3.63) is 0 Å². The van der Waals surface area contributed by atoms with E-state index in [4.69, 9.17) is 5.11 Å². The van der Waals surface area contributed by atoms with Crippen LogP contribution in [0.5, 0.6) is 0 Å². The third-order valence-electron chi connectivity index (χ3n) is 0.223. The maximum absolute atomic E-state index is 9.56. The van der Waals surface area contributed by atoms with Gasteiger partial charge in [-0.2, -0.15) is 0 Å². The SMILES string of the molecule is CC(=O)CO.[H-].[Na+]. The van der Waals surface area contributed by atoms with Gasteiger partial charge in [-0.3, -0.25) is 4.79 Å². The molecule has 0 aromatic heterocycles. The second kappa shape index (κ2) is 5.63. The molecule has 1 N–H and O–H groups in total. The second-order valence-electron chi connectivity index (χ2n) is 0.860. The van der Waals surface area contributed by atoms with Crippen LogP contribution in [0.15, 0.2) is 0 Å². The van der Waals surface area contributed by atoms with Crippen LogP contribution in [0.2, 0.25) is 0 Å². The number of rotatable bonds is 1. The second-order valence-corrected chi connectivity index (χ2v) is 0.860. The molecule has 0 heterocycles. The largest absolute Gasteiger partial charge is 1.00 e. The van der Waals surface area contributed by atoms with Crippen molar-refractivity contribution >= 4 is 5.78 Å². The van der Waals surface area contributed by atoms with Crippen LogP contribution < -0.4 is 29.6 Å². The smallest absolute Gasteiger partial charge is 1.00 e. The van der Waals surface area contributed by atoms with Crippen molar-refractivity contribution in [3.63, 3.8) is 0 Å². The Labute approximate surface area is 60.3 Å².